The molecule has 41 heavy (non-hydrogen) atoms. The number of aromatic hydroxyl groups is 1. The molecule has 10 heteroatoms. The van der Waals surface area contributed by atoms with Crippen LogP contribution in [0.4, 0.5) is 10.1 Å². The number of benzene rings is 1. The molecule has 0 radical (unpaired) electrons. The highest BCUT2D eigenvalue weighted by Gasteiger charge is 2.27. The van der Waals surface area contributed by atoms with E-state index in [0.29, 0.717) is 36.1 Å². The molecule has 5 rings (SSSR count). The Labute approximate surface area is 240 Å². The molecule has 0 unspecified atom stereocenters. The van der Waals surface area contributed by atoms with Crippen molar-refractivity contribution < 1.29 is 18.7 Å². The number of piperidine rings is 1. The lowest BCUT2D eigenvalue weighted by Gasteiger charge is -2.31. The van der Waals surface area contributed by atoms with Gasteiger partial charge in [0.1, 0.15) is 11.6 Å². The number of nitrogens with zero attached hydrogens (tertiary/aromatic N) is 4. The van der Waals surface area contributed by atoms with Crippen molar-refractivity contribution in [2.75, 3.05) is 25.0 Å². The number of likely N-dealkylation sites (tertiary alicyclic amines) is 1. The van der Waals surface area contributed by atoms with Crippen LogP contribution in [0, 0.1) is 6.92 Å². The molecule has 1 aliphatic heterocycles. The van der Waals surface area contributed by atoms with Gasteiger partial charge in [0.15, 0.2) is 0 Å². The molecule has 0 saturated carbocycles. The van der Waals surface area contributed by atoms with Gasteiger partial charge in [0.05, 0.1) is 17.3 Å². The first-order valence-electron chi connectivity index (χ1n) is 14.2. The molecule has 1 aromatic carbocycles. The van der Waals surface area contributed by atoms with Crippen LogP contribution in [0.25, 0.3) is 22.9 Å². The third-order valence-electron chi connectivity index (χ3n) is 7.16. The minimum Gasteiger partial charge on any atom is -0.506 e. The summed E-state index contributed by atoms with van der Waals surface area (Å²) in [5, 5.41) is 28.9. The lowest BCUT2D eigenvalue weighted by atomic mass is 9.96. The Morgan fingerprint density at radius 1 is 1.29 bits per heavy atom. The number of allylic oxidation sites excluding steroid dienone is 3. The molecular weight excluding hydrogens is 523 g/mol. The van der Waals surface area contributed by atoms with Crippen LogP contribution in [0.2, 0.25) is 0 Å². The van der Waals surface area contributed by atoms with Crippen LogP contribution in [0.1, 0.15) is 82.3 Å². The fraction of sp³-hybridized carbons (Fsp3) is 0.419. The topological polar surface area (TPSA) is 120 Å². The summed E-state index contributed by atoms with van der Waals surface area (Å²) in [4.78, 5) is 13.8. The van der Waals surface area contributed by atoms with E-state index in [0.717, 1.165) is 60.3 Å². The summed E-state index contributed by atoms with van der Waals surface area (Å²) in [6, 6.07) is 4.95. The summed E-state index contributed by atoms with van der Waals surface area (Å²) in [6.45, 7) is 11.5. The van der Waals surface area contributed by atoms with Gasteiger partial charge in [-0.05, 0) is 69.5 Å². The molecule has 9 nitrogen and oxygen atoms in total. The number of hydrogen-bond acceptors (Lipinski definition) is 7. The Morgan fingerprint density at radius 2 is 2.10 bits per heavy atom. The first kappa shape index (κ1) is 29.9. The number of halogens is 1. The number of phenols is 1. The highest BCUT2D eigenvalue weighted by atomic mass is 19.1. The van der Waals surface area contributed by atoms with E-state index in [1.54, 1.807) is 12.1 Å². The van der Waals surface area contributed by atoms with E-state index < -0.39 is 0 Å². The number of aromatic amines is 1. The molecular formula is C31H39FN6O3. The van der Waals surface area contributed by atoms with Gasteiger partial charge >= 0.3 is 0 Å². The lowest BCUT2D eigenvalue weighted by molar-refractivity contribution is -0.114. The summed E-state index contributed by atoms with van der Waals surface area (Å²) in [6.07, 6.45) is 9.07. The summed E-state index contributed by atoms with van der Waals surface area (Å²) >= 11 is 0. The first-order chi connectivity index (χ1) is 19.8. The Morgan fingerprint density at radius 3 is 2.85 bits per heavy atom. The molecule has 2 aliphatic rings. The smallest absolute Gasteiger partial charge is 0.243 e. The summed E-state index contributed by atoms with van der Waals surface area (Å²) < 4.78 is 20.4. The van der Waals surface area contributed by atoms with Gasteiger partial charge in [-0.25, -0.2) is 4.39 Å². The van der Waals surface area contributed by atoms with Gasteiger partial charge in [-0.3, -0.25) is 14.8 Å². The zero-order valence-electron chi connectivity index (χ0n) is 24.4. The molecule has 1 aliphatic carbocycles. The van der Waals surface area contributed by atoms with Gasteiger partial charge < -0.3 is 14.8 Å². The van der Waals surface area contributed by atoms with Crippen molar-refractivity contribution in [3.05, 3.63) is 64.8 Å². The number of amides is 1. The standard InChI is InChI=1S/C29H33FN6O3.C2H6/c1-17(13-23-18(2)32-33-27(23)20-10-11-26(38)25(14-20)31-19(3)37)28-34-35-29(39-28)22-8-6-12-36(16-22)15-21-7-4-5-9-24(21)30;1-2/h4,7,10-11,13-14,22,38H,5-6,8-9,12,15-16H2,1-3H3,(H,31,37)(H,32,33);1-2H3/b17-13+;/t22-;/m1./s1. The number of carbonyl (C=O) groups is 1. The molecule has 1 saturated heterocycles. The van der Waals surface area contributed by atoms with E-state index in [1.807, 2.05) is 45.9 Å². The van der Waals surface area contributed by atoms with Crippen molar-refractivity contribution in [1.29, 1.82) is 0 Å². The number of carbonyl (C=O) groups excluding carboxylic acids is 1. The van der Waals surface area contributed by atoms with Crippen LogP contribution in [0.5, 0.6) is 5.75 Å². The van der Waals surface area contributed by atoms with Crippen molar-refractivity contribution in [2.45, 2.75) is 66.2 Å². The van der Waals surface area contributed by atoms with Crippen LogP contribution in [0.3, 0.4) is 0 Å². The second-order valence-electron chi connectivity index (χ2n) is 10.2. The van der Waals surface area contributed by atoms with Crippen LogP contribution < -0.4 is 5.32 Å². The average Bonchev–Trinajstić information content (AvgIpc) is 3.60. The molecule has 3 N–H and O–H groups in total. The molecule has 1 amide bonds. The zero-order chi connectivity index (χ0) is 29.5. The van der Waals surface area contributed by atoms with Gasteiger partial charge in [0.25, 0.3) is 0 Å². The molecule has 2 aromatic heterocycles. The third-order valence-corrected chi connectivity index (χ3v) is 7.16. The Bertz CT molecular complexity index is 1470. The van der Waals surface area contributed by atoms with Gasteiger partial charge in [0, 0.05) is 48.8 Å². The van der Waals surface area contributed by atoms with Crippen LogP contribution >= 0.6 is 0 Å². The van der Waals surface area contributed by atoms with Crippen LogP contribution in [0.15, 0.2) is 46.2 Å². The van der Waals surface area contributed by atoms with E-state index in [4.69, 9.17) is 4.42 Å². The van der Waals surface area contributed by atoms with E-state index >= 15 is 0 Å². The maximum absolute atomic E-state index is 14.2. The number of nitrogens with one attached hydrogen (secondary N) is 2. The predicted molar refractivity (Wildman–Crippen MR) is 159 cm³/mol. The number of anilines is 1. The molecule has 0 bridgehead atoms. The van der Waals surface area contributed by atoms with E-state index in [9.17, 15) is 14.3 Å². The van der Waals surface area contributed by atoms with Gasteiger partial charge in [-0.2, -0.15) is 5.10 Å². The van der Waals surface area contributed by atoms with E-state index in [2.05, 4.69) is 30.6 Å². The first-order valence-corrected chi connectivity index (χ1v) is 14.2. The molecule has 0 spiro atoms. The number of hydrogen-bond donors (Lipinski definition) is 3. The second-order valence-corrected chi connectivity index (χ2v) is 10.2. The zero-order valence-corrected chi connectivity index (χ0v) is 24.4. The van der Waals surface area contributed by atoms with Crippen molar-refractivity contribution in [2.24, 2.45) is 0 Å². The third kappa shape index (κ3) is 7.18. The molecule has 1 fully saturated rings. The summed E-state index contributed by atoms with van der Waals surface area (Å²) in [5.41, 5.74) is 4.95. The SMILES string of the molecule is CC.CC(=O)Nc1cc(-c2n[nH]c(C)c2/C=C(\C)c2nnc([C@@H]3CCCN(CC4=C(F)CCC=C4)C3)o2)ccc1O. The number of phenolic OH excluding ortho intramolecular Hbond substituents is 1. The quantitative estimate of drug-likeness (QED) is 0.272. The number of H-pyrrole nitrogens is 1. The number of rotatable bonds is 7. The Balaban J connectivity index is 0.00000189. The van der Waals surface area contributed by atoms with Crippen molar-refractivity contribution >= 4 is 23.2 Å². The lowest BCUT2D eigenvalue weighted by Crippen LogP contribution is -2.36. The van der Waals surface area contributed by atoms with Gasteiger partial charge in [0.2, 0.25) is 17.7 Å². The predicted octanol–water partition coefficient (Wildman–Crippen LogP) is 6.77. The van der Waals surface area contributed by atoms with Crippen molar-refractivity contribution in [3.8, 4) is 17.0 Å². The van der Waals surface area contributed by atoms with Crippen LogP contribution in [-0.4, -0.2) is 55.9 Å². The van der Waals surface area contributed by atoms with Crippen molar-refractivity contribution in [1.82, 2.24) is 25.3 Å². The van der Waals surface area contributed by atoms with Gasteiger partial charge in [-0.15, -0.1) is 10.2 Å². The second kappa shape index (κ2) is 13.5. The largest absolute Gasteiger partial charge is 0.506 e. The highest BCUT2D eigenvalue weighted by molar-refractivity contribution is 5.92. The normalized spacial score (nSPS) is 17.8. The maximum Gasteiger partial charge on any atom is 0.243 e. The van der Waals surface area contributed by atoms with Crippen LogP contribution in [-0.2, 0) is 4.79 Å². The summed E-state index contributed by atoms with van der Waals surface area (Å²) in [7, 11) is 0. The highest BCUT2D eigenvalue weighted by Crippen LogP contribution is 2.34. The molecule has 1 atom stereocenters. The fourth-order valence-electron chi connectivity index (χ4n) is 5.11. The van der Waals surface area contributed by atoms with Crippen molar-refractivity contribution in [3.63, 3.8) is 0 Å². The number of aromatic nitrogens is 4. The average molecular weight is 563 g/mol. The monoisotopic (exact) mass is 562 g/mol. The Kier molecular flexibility index (Phi) is 9.88. The number of aryl methyl sites for hydroxylation is 1. The van der Waals surface area contributed by atoms with E-state index in [-0.39, 0.29) is 23.4 Å². The minimum atomic E-state index is -0.278. The van der Waals surface area contributed by atoms with Gasteiger partial charge in [-0.1, -0.05) is 26.0 Å². The fourth-order valence-corrected chi connectivity index (χ4v) is 5.11. The maximum atomic E-state index is 14.2. The Hall–Kier alpha value is -4.05. The molecule has 3 aromatic rings. The molecule has 218 valence electrons. The van der Waals surface area contributed by atoms with E-state index in [1.165, 1.54) is 13.0 Å². The summed E-state index contributed by atoms with van der Waals surface area (Å²) in [5.74, 6) is 0.819. The minimum absolute atomic E-state index is 0.00647. The molecule has 3 heterocycles.